The van der Waals surface area contributed by atoms with Gasteiger partial charge in [0.05, 0.1) is 14.2 Å². The second kappa shape index (κ2) is 4.47. The molecule has 0 saturated heterocycles. The minimum absolute atomic E-state index is 0.298. The Bertz CT molecular complexity index is 332. The molecule has 0 saturated carbocycles. The van der Waals surface area contributed by atoms with Gasteiger partial charge in [0.15, 0.2) is 11.5 Å². The third kappa shape index (κ3) is 3.38. The van der Waals surface area contributed by atoms with Gasteiger partial charge in [0.2, 0.25) is 5.92 Å². The number of hydrogen-bond acceptors (Lipinski definition) is 2. The molecule has 0 amide bonds. The lowest BCUT2D eigenvalue weighted by molar-refractivity contribution is 0.0226. The van der Waals surface area contributed by atoms with Gasteiger partial charge in [-0.1, -0.05) is 6.07 Å². The maximum absolute atomic E-state index is 12.8. The average Bonchev–Trinajstić information content (AvgIpc) is 2.15. The van der Waals surface area contributed by atoms with Crippen molar-refractivity contribution in [2.24, 2.45) is 0 Å². The summed E-state index contributed by atoms with van der Waals surface area (Å²) in [5.41, 5.74) is 0.528. The number of benzene rings is 1. The molecule has 0 heterocycles. The summed E-state index contributed by atoms with van der Waals surface area (Å²) in [6, 6.07) is 4.80. The van der Waals surface area contributed by atoms with Crippen LogP contribution in [0.2, 0.25) is 0 Å². The van der Waals surface area contributed by atoms with Gasteiger partial charge < -0.3 is 9.47 Å². The van der Waals surface area contributed by atoms with E-state index in [0.717, 1.165) is 6.92 Å². The predicted octanol–water partition coefficient (Wildman–Crippen LogP) is 2.90. The smallest absolute Gasteiger partial charge is 0.249 e. The van der Waals surface area contributed by atoms with Crippen molar-refractivity contribution in [1.29, 1.82) is 0 Å². The van der Waals surface area contributed by atoms with Crippen LogP contribution < -0.4 is 9.47 Å². The average molecular weight is 216 g/mol. The van der Waals surface area contributed by atoms with Crippen LogP contribution in [0, 0.1) is 0 Å². The SMILES string of the molecule is COc1ccc(CC(C)(F)F)cc1OC. The highest BCUT2D eigenvalue weighted by atomic mass is 19.3. The number of rotatable bonds is 4. The Balaban J connectivity index is 2.93. The Morgan fingerprint density at radius 3 is 2.20 bits per heavy atom. The maximum Gasteiger partial charge on any atom is 0.249 e. The molecule has 0 spiro atoms. The topological polar surface area (TPSA) is 18.5 Å². The number of ether oxygens (including phenoxy) is 2. The van der Waals surface area contributed by atoms with E-state index in [-0.39, 0.29) is 6.42 Å². The summed E-state index contributed by atoms with van der Waals surface area (Å²) in [5.74, 6) is -1.69. The molecule has 0 aromatic heterocycles. The van der Waals surface area contributed by atoms with E-state index < -0.39 is 5.92 Å². The zero-order valence-electron chi connectivity index (χ0n) is 9.01. The van der Waals surface area contributed by atoms with Gasteiger partial charge in [-0.3, -0.25) is 0 Å². The monoisotopic (exact) mass is 216 g/mol. The molecule has 0 aliphatic carbocycles. The molecule has 4 heteroatoms. The summed E-state index contributed by atoms with van der Waals surface area (Å²) in [6.45, 7) is 0.893. The fourth-order valence-electron chi connectivity index (χ4n) is 1.35. The summed E-state index contributed by atoms with van der Waals surface area (Å²) in [4.78, 5) is 0. The lowest BCUT2D eigenvalue weighted by atomic mass is 10.1. The third-order valence-electron chi connectivity index (χ3n) is 1.96. The van der Waals surface area contributed by atoms with Crippen LogP contribution in [0.3, 0.4) is 0 Å². The number of hydrogen-bond donors (Lipinski definition) is 0. The van der Waals surface area contributed by atoms with E-state index in [9.17, 15) is 8.78 Å². The second-order valence-electron chi connectivity index (χ2n) is 3.44. The summed E-state index contributed by atoms with van der Waals surface area (Å²) in [6.07, 6.45) is -0.298. The van der Waals surface area contributed by atoms with Gasteiger partial charge >= 0.3 is 0 Å². The first kappa shape index (κ1) is 11.8. The van der Waals surface area contributed by atoms with Crippen molar-refractivity contribution in [2.45, 2.75) is 19.3 Å². The molecule has 0 bridgehead atoms. The van der Waals surface area contributed by atoms with Crippen molar-refractivity contribution in [3.8, 4) is 11.5 Å². The summed E-state index contributed by atoms with van der Waals surface area (Å²) < 4.78 is 35.5. The first-order chi connectivity index (χ1) is 6.96. The number of methoxy groups -OCH3 is 2. The molecule has 2 nitrogen and oxygen atoms in total. The molecule has 0 aliphatic heterocycles. The van der Waals surface area contributed by atoms with Gasteiger partial charge in [0.25, 0.3) is 0 Å². The van der Waals surface area contributed by atoms with Crippen molar-refractivity contribution in [1.82, 2.24) is 0 Å². The van der Waals surface area contributed by atoms with Crippen molar-refractivity contribution in [3.63, 3.8) is 0 Å². The molecule has 15 heavy (non-hydrogen) atoms. The van der Waals surface area contributed by atoms with Crippen molar-refractivity contribution >= 4 is 0 Å². The quantitative estimate of drug-likeness (QED) is 0.770. The third-order valence-corrected chi connectivity index (χ3v) is 1.96. The van der Waals surface area contributed by atoms with Gasteiger partial charge in [-0.2, -0.15) is 0 Å². The molecule has 0 N–H and O–H groups in total. The number of halogens is 2. The zero-order valence-corrected chi connectivity index (χ0v) is 9.01. The van der Waals surface area contributed by atoms with Crippen molar-refractivity contribution in [2.75, 3.05) is 14.2 Å². The Kier molecular flexibility index (Phi) is 3.50. The fourth-order valence-corrected chi connectivity index (χ4v) is 1.35. The van der Waals surface area contributed by atoms with E-state index in [1.54, 1.807) is 18.2 Å². The molecule has 0 aliphatic rings. The maximum atomic E-state index is 12.8. The van der Waals surface area contributed by atoms with E-state index in [1.165, 1.54) is 14.2 Å². The lowest BCUT2D eigenvalue weighted by Crippen LogP contribution is -2.13. The molecule has 0 atom stereocenters. The van der Waals surface area contributed by atoms with Crippen LogP contribution >= 0.6 is 0 Å². The van der Waals surface area contributed by atoms with Crippen LogP contribution in [-0.2, 0) is 6.42 Å². The minimum atomic E-state index is -2.71. The minimum Gasteiger partial charge on any atom is -0.493 e. The highest BCUT2D eigenvalue weighted by molar-refractivity contribution is 5.43. The second-order valence-corrected chi connectivity index (χ2v) is 3.44. The normalized spacial score (nSPS) is 11.3. The number of alkyl halides is 2. The van der Waals surface area contributed by atoms with E-state index in [2.05, 4.69) is 0 Å². The highest BCUT2D eigenvalue weighted by Gasteiger charge is 2.22. The van der Waals surface area contributed by atoms with Gasteiger partial charge in [0, 0.05) is 6.42 Å². The Hall–Kier alpha value is -1.32. The van der Waals surface area contributed by atoms with Crippen LogP contribution in [0.4, 0.5) is 8.78 Å². The molecule has 0 unspecified atom stereocenters. The van der Waals surface area contributed by atoms with Gasteiger partial charge in [-0.25, -0.2) is 8.78 Å². The summed E-state index contributed by atoms with van der Waals surface area (Å²) >= 11 is 0. The van der Waals surface area contributed by atoms with Gasteiger partial charge in [-0.15, -0.1) is 0 Å². The molecular formula is C11H14F2O2. The van der Waals surface area contributed by atoms with E-state index in [4.69, 9.17) is 9.47 Å². The van der Waals surface area contributed by atoms with Crippen molar-refractivity contribution < 1.29 is 18.3 Å². The molecule has 84 valence electrons. The van der Waals surface area contributed by atoms with Crippen LogP contribution in [0.15, 0.2) is 18.2 Å². The van der Waals surface area contributed by atoms with Crippen LogP contribution in [0.1, 0.15) is 12.5 Å². The Morgan fingerprint density at radius 2 is 1.73 bits per heavy atom. The van der Waals surface area contributed by atoms with Gasteiger partial charge in [0.1, 0.15) is 0 Å². The summed E-state index contributed by atoms with van der Waals surface area (Å²) in [5, 5.41) is 0. The van der Waals surface area contributed by atoms with E-state index >= 15 is 0 Å². The summed E-state index contributed by atoms with van der Waals surface area (Å²) in [7, 11) is 2.98. The lowest BCUT2D eigenvalue weighted by Gasteiger charge is -2.12. The van der Waals surface area contributed by atoms with E-state index in [0.29, 0.717) is 17.1 Å². The van der Waals surface area contributed by atoms with Crippen molar-refractivity contribution in [3.05, 3.63) is 23.8 Å². The fraction of sp³-hybridized carbons (Fsp3) is 0.455. The molecule has 1 aromatic carbocycles. The molecule has 0 fully saturated rings. The van der Waals surface area contributed by atoms with Gasteiger partial charge in [-0.05, 0) is 24.6 Å². The predicted molar refractivity (Wildman–Crippen MR) is 53.9 cm³/mol. The Morgan fingerprint density at radius 1 is 1.13 bits per heavy atom. The van der Waals surface area contributed by atoms with Crippen LogP contribution in [-0.4, -0.2) is 20.1 Å². The molecule has 0 radical (unpaired) electrons. The molecule has 1 aromatic rings. The van der Waals surface area contributed by atoms with E-state index in [1.807, 2.05) is 0 Å². The van der Waals surface area contributed by atoms with Crippen LogP contribution in [0.5, 0.6) is 11.5 Å². The van der Waals surface area contributed by atoms with Crippen LogP contribution in [0.25, 0.3) is 0 Å². The first-order valence-electron chi connectivity index (χ1n) is 4.55. The standard InChI is InChI=1S/C11H14F2O2/c1-11(12,13)7-8-4-5-9(14-2)10(6-8)15-3/h4-6H,7H2,1-3H3. The first-order valence-corrected chi connectivity index (χ1v) is 4.55. The largest absolute Gasteiger partial charge is 0.493 e. The highest BCUT2D eigenvalue weighted by Crippen LogP contribution is 2.29. The zero-order chi connectivity index (χ0) is 11.5. The Labute approximate surface area is 87.8 Å². The molecule has 1 rings (SSSR count). The molecular weight excluding hydrogens is 202 g/mol.